The number of carbonyl (C=O) groups is 1. The predicted octanol–water partition coefficient (Wildman–Crippen LogP) is 1.32. The number of nitrogens with one attached hydrogen (secondary N) is 1. The van der Waals surface area contributed by atoms with E-state index in [1.807, 2.05) is 27.5 Å². The molecule has 17 heavy (non-hydrogen) atoms. The van der Waals surface area contributed by atoms with E-state index in [1.54, 1.807) is 6.92 Å². The fraction of sp³-hybridized carbons (Fsp3) is 0.545. The summed E-state index contributed by atoms with van der Waals surface area (Å²) in [5, 5.41) is 0. The fourth-order valence-corrected chi connectivity index (χ4v) is 2.79. The number of piperidine rings is 1. The van der Waals surface area contributed by atoms with Crippen molar-refractivity contribution in [3.05, 3.63) is 20.3 Å². The van der Waals surface area contributed by atoms with Crippen molar-refractivity contribution in [3.8, 4) is 0 Å². The minimum atomic E-state index is -0.150. The molecule has 6 heteroatoms. The predicted molar refractivity (Wildman–Crippen MR) is 73.2 cm³/mol. The van der Waals surface area contributed by atoms with Crippen LogP contribution in [0.3, 0.4) is 0 Å². The van der Waals surface area contributed by atoms with Crippen LogP contribution in [0.4, 0.5) is 5.82 Å². The first kappa shape index (κ1) is 12.5. The van der Waals surface area contributed by atoms with Crippen LogP contribution in [0.25, 0.3) is 0 Å². The van der Waals surface area contributed by atoms with Gasteiger partial charge < -0.3 is 9.88 Å². The summed E-state index contributed by atoms with van der Waals surface area (Å²) in [4.78, 5) is 31.9. The minimum Gasteiger partial charge on any atom is -0.345 e. The van der Waals surface area contributed by atoms with Gasteiger partial charge in [-0.3, -0.25) is 9.59 Å². The summed E-state index contributed by atoms with van der Waals surface area (Å²) in [6, 6.07) is -0.133. The maximum absolute atomic E-state index is 11.6. The summed E-state index contributed by atoms with van der Waals surface area (Å²) >= 11 is 1.98. The topological polar surface area (TPSA) is 66.1 Å². The molecule has 5 nitrogen and oxygen atoms in total. The molecule has 2 heterocycles. The molecule has 1 aromatic rings. The highest BCUT2D eigenvalue weighted by Crippen LogP contribution is 2.25. The normalized spacial score (nSPS) is 20.4. The Morgan fingerprint density at radius 2 is 2.35 bits per heavy atom. The molecule has 1 fully saturated rings. The Labute approximate surface area is 113 Å². The molecular formula is C11H14IN3O2. The van der Waals surface area contributed by atoms with Crippen LogP contribution in [0.15, 0.2) is 11.1 Å². The number of hydrogen-bond acceptors (Lipinski definition) is 4. The molecule has 1 N–H and O–H groups in total. The lowest BCUT2D eigenvalue weighted by molar-refractivity contribution is -0.118. The number of rotatable bonds is 2. The van der Waals surface area contributed by atoms with Crippen LogP contribution in [-0.2, 0) is 4.79 Å². The van der Waals surface area contributed by atoms with Crippen molar-refractivity contribution in [1.82, 2.24) is 9.97 Å². The number of aromatic amines is 1. The van der Waals surface area contributed by atoms with E-state index >= 15 is 0 Å². The van der Waals surface area contributed by atoms with E-state index in [0.717, 1.165) is 25.8 Å². The summed E-state index contributed by atoms with van der Waals surface area (Å²) in [5.74, 6) is 0.775. The van der Waals surface area contributed by atoms with Gasteiger partial charge in [-0.15, -0.1) is 0 Å². The largest absolute Gasteiger partial charge is 0.345 e. The number of ketones is 1. The van der Waals surface area contributed by atoms with Crippen molar-refractivity contribution in [2.45, 2.75) is 32.2 Å². The minimum absolute atomic E-state index is 0.133. The third-order valence-electron chi connectivity index (χ3n) is 3.02. The lowest BCUT2D eigenvalue weighted by Gasteiger charge is -2.35. The van der Waals surface area contributed by atoms with Crippen molar-refractivity contribution in [1.29, 1.82) is 0 Å². The first-order valence-corrected chi connectivity index (χ1v) is 6.69. The second-order valence-electron chi connectivity index (χ2n) is 4.18. The van der Waals surface area contributed by atoms with Gasteiger partial charge in [-0.25, -0.2) is 4.98 Å². The van der Waals surface area contributed by atoms with Gasteiger partial charge in [0.2, 0.25) is 0 Å². The van der Waals surface area contributed by atoms with Crippen LogP contribution in [0.1, 0.15) is 26.2 Å². The standard InChI is InChI=1S/C11H14IN3O2/c1-7(16)8-4-2-3-5-15(8)10-9(12)11(17)14-6-13-10/h6,8H,2-5H2,1H3,(H,13,14,17). The Kier molecular flexibility index (Phi) is 3.80. The van der Waals surface area contributed by atoms with Crippen LogP contribution < -0.4 is 10.5 Å². The number of hydrogen-bond donors (Lipinski definition) is 1. The molecule has 0 aliphatic carbocycles. The zero-order valence-electron chi connectivity index (χ0n) is 9.57. The van der Waals surface area contributed by atoms with Gasteiger partial charge in [0.25, 0.3) is 5.56 Å². The van der Waals surface area contributed by atoms with E-state index in [1.165, 1.54) is 6.33 Å². The van der Waals surface area contributed by atoms with E-state index < -0.39 is 0 Å². The molecule has 1 aromatic heterocycles. The molecule has 1 aliphatic rings. The highest BCUT2D eigenvalue weighted by Gasteiger charge is 2.28. The SMILES string of the molecule is CC(=O)C1CCCCN1c1nc[nH]c(=O)c1I. The van der Waals surface area contributed by atoms with E-state index in [0.29, 0.717) is 9.39 Å². The zero-order valence-corrected chi connectivity index (χ0v) is 11.7. The molecule has 0 spiro atoms. The number of anilines is 1. The monoisotopic (exact) mass is 347 g/mol. The molecule has 2 rings (SSSR count). The molecule has 92 valence electrons. The number of halogens is 1. The van der Waals surface area contributed by atoms with E-state index in [-0.39, 0.29) is 17.4 Å². The Hall–Kier alpha value is -0.920. The van der Waals surface area contributed by atoms with Gasteiger partial charge in [-0.1, -0.05) is 0 Å². The Bertz CT molecular complexity index is 486. The Morgan fingerprint density at radius 1 is 1.59 bits per heavy atom. The van der Waals surface area contributed by atoms with Gasteiger partial charge in [0.1, 0.15) is 9.39 Å². The molecule has 1 saturated heterocycles. The average molecular weight is 347 g/mol. The number of H-pyrrole nitrogens is 1. The van der Waals surface area contributed by atoms with Crippen LogP contribution in [-0.4, -0.2) is 28.3 Å². The van der Waals surface area contributed by atoms with Crippen LogP contribution in [0.2, 0.25) is 0 Å². The molecular weight excluding hydrogens is 333 g/mol. The van der Waals surface area contributed by atoms with Crippen molar-refractivity contribution >= 4 is 34.2 Å². The summed E-state index contributed by atoms with van der Waals surface area (Å²) in [7, 11) is 0. The number of Topliss-reactive ketones (excluding diaryl/α,β-unsaturated/α-hetero) is 1. The molecule has 1 aliphatic heterocycles. The first-order chi connectivity index (χ1) is 8.11. The van der Waals surface area contributed by atoms with Crippen LogP contribution in [0.5, 0.6) is 0 Å². The Morgan fingerprint density at radius 3 is 3.06 bits per heavy atom. The molecule has 0 amide bonds. The van der Waals surface area contributed by atoms with Crippen molar-refractivity contribution in [2.75, 3.05) is 11.4 Å². The second kappa shape index (κ2) is 5.16. The van der Waals surface area contributed by atoms with Gasteiger partial charge in [-0.2, -0.15) is 0 Å². The quantitative estimate of drug-likeness (QED) is 0.820. The summed E-state index contributed by atoms with van der Waals surface area (Å²) in [6.07, 6.45) is 4.33. The number of nitrogens with zero attached hydrogens (tertiary/aromatic N) is 2. The lowest BCUT2D eigenvalue weighted by Crippen LogP contribution is -2.45. The fourth-order valence-electron chi connectivity index (χ4n) is 2.18. The van der Waals surface area contributed by atoms with Gasteiger partial charge in [0.15, 0.2) is 5.78 Å². The van der Waals surface area contributed by atoms with E-state index in [2.05, 4.69) is 9.97 Å². The average Bonchev–Trinajstić information content (AvgIpc) is 2.33. The maximum atomic E-state index is 11.6. The Balaban J connectivity index is 2.39. The smallest absolute Gasteiger partial charge is 0.266 e. The van der Waals surface area contributed by atoms with E-state index in [4.69, 9.17) is 0 Å². The summed E-state index contributed by atoms with van der Waals surface area (Å²) in [5.41, 5.74) is -0.150. The van der Waals surface area contributed by atoms with Gasteiger partial charge in [0, 0.05) is 6.54 Å². The summed E-state index contributed by atoms with van der Waals surface area (Å²) in [6.45, 7) is 2.39. The molecule has 1 atom stereocenters. The molecule has 0 radical (unpaired) electrons. The van der Waals surface area contributed by atoms with E-state index in [9.17, 15) is 9.59 Å². The van der Waals surface area contributed by atoms with Gasteiger partial charge >= 0.3 is 0 Å². The van der Waals surface area contributed by atoms with Crippen molar-refractivity contribution < 1.29 is 4.79 Å². The number of carbonyl (C=O) groups excluding carboxylic acids is 1. The van der Waals surface area contributed by atoms with Gasteiger partial charge in [0.05, 0.1) is 12.4 Å². The highest BCUT2D eigenvalue weighted by atomic mass is 127. The van der Waals surface area contributed by atoms with Crippen LogP contribution in [0, 0.1) is 3.57 Å². The first-order valence-electron chi connectivity index (χ1n) is 5.61. The third-order valence-corrected chi connectivity index (χ3v) is 3.99. The zero-order chi connectivity index (χ0) is 12.4. The third kappa shape index (κ3) is 2.51. The van der Waals surface area contributed by atoms with Crippen molar-refractivity contribution in [2.24, 2.45) is 0 Å². The van der Waals surface area contributed by atoms with Crippen LogP contribution >= 0.6 is 22.6 Å². The number of aromatic nitrogens is 2. The highest BCUT2D eigenvalue weighted by molar-refractivity contribution is 14.1. The van der Waals surface area contributed by atoms with Crippen molar-refractivity contribution in [3.63, 3.8) is 0 Å². The second-order valence-corrected chi connectivity index (χ2v) is 5.26. The molecule has 0 bridgehead atoms. The maximum Gasteiger partial charge on any atom is 0.266 e. The van der Waals surface area contributed by atoms with Gasteiger partial charge in [-0.05, 0) is 48.8 Å². The molecule has 0 aromatic carbocycles. The molecule has 1 unspecified atom stereocenters. The lowest BCUT2D eigenvalue weighted by atomic mass is 9.99. The molecule has 0 saturated carbocycles. The summed E-state index contributed by atoms with van der Waals surface area (Å²) < 4.78 is 0.554.